The molecule has 0 spiro atoms. The van der Waals surface area contributed by atoms with E-state index in [1.807, 2.05) is 0 Å². The van der Waals surface area contributed by atoms with Crippen molar-refractivity contribution in [1.82, 2.24) is 0 Å². The van der Waals surface area contributed by atoms with Crippen LogP contribution >= 0.6 is 0 Å². The Morgan fingerprint density at radius 3 is 2.67 bits per heavy atom. The Morgan fingerprint density at radius 1 is 1.28 bits per heavy atom. The number of sulfonamides is 1. The van der Waals surface area contributed by atoms with Gasteiger partial charge in [0.05, 0.1) is 16.8 Å². The van der Waals surface area contributed by atoms with Crippen molar-refractivity contribution in [3.8, 4) is 5.75 Å². The van der Waals surface area contributed by atoms with Gasteiger partial charge in [0, 0.05) is 6.07 Å². The fourth-order valence-electron chi connectivity index (χ4n) is 1.36. The summed E-state index contributed by atoms with van der Waals surface area (Å²) in [5, 5.41) is 5.02. The highest BCUT2D eigenvalue weighted by Crippen LogP contribution is 2.25. The van der Waals surface area contributed by atoms with Crippen LogP contribution in [0.2, 0.25) is 0 Å². The van der Waals surface area contributed by atoms with Gasteiger partial charge in [-0.3, -0.25) is 0 Å². The van der Waals surface area contributed by atoms with Crippen molar-refractivity contribution in [2.45, 2.75) is 11.5 Å². The quantitative estimate of drug-likeness (QED) is 0.807. The molecule has 0 bridgehead atoms. The second-order valence-electron chi connectivity index (χ2n) is 3.61. The summed E-state index contributed by atoms with van der Waals surface area (Å²) in [4.78, 5) is -0.0499. The van der Waals surface area contributed by atoms with Gasteiger partial charge >= 0.3 is 0 Å². The fraction of sp³-hybridized carbons (Fsp3) is 0.0909. The molecule has 96 valence electrons. The van der Waals surface area contributed by atoms with Gasteiger partial charge in [-0.1, -0.05) is 0 Å². The first-order chi connectivity index (χ1) is 8.47. The van der Waals surface area contributed by atoms with E-state index in [9.17, 15) is 8.42 Å². The van der Waals surface area contributed by atoms with Crippen LogP contribution in [-0.2, 0) is 16.6 Å². The van der Waals surface area contributed by atoms with Crippen LogP contribution in [0.5, 0.6) is 5.75 Å². The van der Waals surface area contributed by atoms with Gasteiger partial charge in [-0.2, -0.15) is 0 Å². The molecular formula is C11H12N2O4S. The molecule has 1 heterocycles. The van der Waals surface area contributed by atoms with E-state index in [0.717, 1.165) is 0 Å². The standard InChI is InChI=1S/C11H12N2O4S/c12-10-4-3-9(18(13,14)15)6-11(10)17-7-8-2-1-5-16-8/h1-6H,7,12H2,(H2,13,14,15). The van der Waals surface area contributed by atoms with Crippen molar-refractivity contribution in [3.05, 3.63) is 42.4 Å². The summed E-state index contributed by atoms with van der Waals surface area (Å²) < 4.78 is 32.8. The van der Waals surface area contributed by atoms with Crippen molar-refractivity contribution in [2.24, 2.45) is 5.14 Å². The number of ether oxygens (including phenoxy) is 1. The molecule has 0 radical (unpaired) electrons. The molecule has 2 aromatic rings. The zero-order chi connectivity index (χ0) is 13.2. The van der Waals surface area contributed by atoms with Crippen LogP contribution in [0.15, 0.2) is 45.9 Å². The van der Waals surface area contributed by atoms with Gasteiger partial charge in [0.25, 0.3) is 0 Å². The van der Waals surface area contributed by atoms with Crippen LogP contribution in [0.25, 0.3) is 0 Å². The molecule has 2 rings (SSSR count). The third-order valence-electron chi connectivity index (χ3n) is 2.26. The van der Waals surface area contributed by atoms with Crippen molar-refractivity contribution in [1.29, 1.82) is 0 Å². The van der Waals surface area contributed by atoms with Gasteiger partial charge in [0.15, 0.2) is 0 Å². The maximum atomic E-state index is 11.2. The van der Waals surface area contributed by atoms with Gasteiger partial charge in [-0.05, 0) is 24.3 Å². The highest BCUT2D eigenvalue weighted by atomic mass is 32.2. The second kappa shape index (κ2) is 4.71. The molecular weight excluding hydrogens is 256 g/mol. The van der Waals surface area contributed by atoms with Crippen LogP contribution in [0.4, 0.5) is 5.69 Å². The zero-order valence-electron chi connectivity index (χ0n) is 9.37. The van der Waals surface area contributed by atoms with Gasteiger partial charge < -0.3 is 14.9 Å². The molecule has 0 aliphatic carbocycles. The molecule has 7 heteroatoms. The first kappa shape index (κ1) is 12.5. The van der Waals surface area contributed by atoms with Crippen LogP contribution < -0.4 is 15.6 Å². The van der Waals surface area contributed by atoms with Gasteiger partial charge in [0.1, 0.15) is 18.1 Å². The first-order valence-electron chi connectivity index (χ1n) is 5.04. The topological polar surface area (TPSA) is 109 Å². The third kappa shape index (κ3) is 2.82. The number of hydrogen-bond donors (Lipinski definition) is 2. The highest BCUT2D eigenvalue weighted by molar-refractivity contribution is 7.89. The van der Waals surface area contributed by atoms with Gasteiger partial charge in [-0.15, -0.1) is 0 Å². The Balaban J connectivity index is 2.22. The van der Waals surface area contributed by atoms with E-state index in [0.29, 0.717) is 11.4 Å². The third-order valence-corrected chi connectivity index (χ3v) is 3.17. The number of nitrogens with two attached hydrogens (primary N) is 2. The average Bonchev–Trinajstić information content (AvgIpc) is 2.79. The maximum absolute atomic E-state index is 11.2. The summed E-state index contributed by atoms with van der Waals surface area (Å²) >= 11 is 0. The Morgan fingerprint density at radius 2 is 2.06 bits per heavy atom. The number of furan rings is 1. The molecule has 0 saturated carbocycles. The molecule has 0 fully saturated rings. The fourth-order valence-corrected chi connectivity index (χ4v) is 1.89. The Kier molecular flexibility index (Phi) is 3.26. The Bertz CT molecular complexity index is 635. The lowest BCUT2D eigenvalue weighted by atomic mass is 10.3. The SMILES string of the molecule is Nc1ccc(S(N)(=O)=O)cc1OCc1ccco1. The van der Waals surface area contributed by atoms with Crippen LogP contribution in [-0.4, -0.2) is 8.42 Å². The molecule has 1 aromatic carbocycles. The van der Waals surface area contributed by atoms with E-state index >= 15 is 0 Å². The minimum absolute atomic E-state index is 0.0499. The predicted octanol–water partition coefficient (Wildman–Crippen LogP) is 1.09. The average molecular weight is 268 g/mol. The summed E-state index contributed by atoms with van der Waals surface area (Å²) in [7, 11) is -3.77. The molecule has 0 atom stereocenters. The molecule has 0 saturated heterocycles. The summed E-state index contributed by atoms with van der Waals surface area (Å²) in [6.07, 6.45) is 1.52. The van der Waals surface area contributed by atoms with Crippen molar-refractivity contribution in [3.63, 3.8) is 0 Å². The summed E-state index contributed by atoms with van der Waals surface area (Å²) in [6.45, 7) is 0.158. The lowest BCUT2D eigenvalue weighted by molar-refractivity contribution is 0.271. The number of rotatable bonds is 4. The molecule has 0 amide bonds. The summed E-state index contributed by atoms with van der Waals surface area (Å²) in [6, 6.07) is 7.50. The molecule has 0 unspecified atom stereocenters. The van der Waals surface area contributed by atoms with E-state index < -0.39 is 10.0 Å². The second-order valence-corrected chi connectivity index (χ2v) is 5.17. The molecule has 0 aliphatic rings. The minimum atomic E-state index is -3.77. The summed E-state index contributed by atoms with van der Waals surface area (Å²) in [5.41, 5.74) is 6.01. The van der Waals surface area contributed by atoms with Crippen molar-refractivity contribution in [2.75, 3.05) is 5.73 Å². The van der Waals surface area contributed by atoms with Crippen LogP contribution in [0.3, 0.4) is 0 Å². The zero-order valence-corrected chi connectivity index (χ0v) is 10.2. The van der Waals surface area contributed by atoms with E-state index in [2.05, 4.69) is 0 Å². The lowest BCUT2D eigenvalue weighted by Gasteiger charge is -2.08. The van der Waals surface area contributed by atoms with E-state index in [-0.39, 0.29) is 17.3 Å². The number of hydrogen-bond acceptors (Lipinski definition) is 5. The largest absolute Gasteiger partial charge is 0.483 e. The predicted molar refractivity (Wildman–Crippen MR) is 65.3 cm³/mol. The molecule has 0 aliphatic heterocycles. The van der Waals surface area contributed by atoms with Gasteiger partial charge in [-0.25, -0.2) is 13.6 Å². The Hall–Kier alpha value is -1.99. The molecule has 4 N–H and O–H groups in total. The van der Waals surface area contributed by atoms with Crippen molar-refractivity contribution < 1.29 is 17.6 Å². The summed E-state index contributed by atoms with van der Waals surface area (Å²) in [5.74, 6) is 0.855. The molecule has 18 heavy (non-hydrogen) atoms. The molecule has 6 nitrogen and oxygen atoms in total. The highest BCUT2D eigenvalue weighted by Gasteiger charge is 2.11. The van der Waals surface area contributed by atoms with E-state index in [4.69, 9.17) is 20.0 Å². The van der Waals surface area contributed by atoms with Gasteiger partial charge in [0.2, 0.25) is 10.0 Å². The number of primary sulfonamides is 1. The normalized spacial score (nSPS) is 11.4. The smallest absolute Gasteiger partial charge is 0.238 e. The number of benzene rings is 1. The number of nitrogen functional groups attached to an aromatic ring is 1. The Labute approximate surface area is 104 Å². The maximum Gasteiger partial charge on any atom is 0.238 e. The van der Waals surface area contributed by atoms with Crippen LogP contribution in [0.1, 0.15) is 5.76 Å². The van der Waals surface area contributed by atoms with E-state index in [1.54, 1.807) is 12.1 Å². The first-order valence-corrected chi connectivity index (χ1v) is 6.59. The lowest BCUT2D eigenvalue weighted by Crippen LogP contribution is -2.12. The van der Waals surface area contributed by atoms with E-state index in [1.165, 1.54) is 24.5 Å². The monoisotopic (exact) mass is 268 g/mol. The van der Waals surface area contributed by atoms with Crippen LogP contribution in [0, 0.1) is 0 Å². The molecule has 1 aromatic heterocycles. The minimum Gasteiger partial charge on any atom is -0.483 e. The number of anilines is 1. The van der Waals surface area contributed by atoms with Crippen molar-refractivity contribution >= 4 is 15.7 Å².